The summed E-state index contributed by atoms with van der Waals surface area (Å²) < 4.78 is 34.8. The molecule has 11 heavy (non-hydrogen) atoms. The Kier molecular flexibility index (Phi) is 3.58. The molecular formula is C7H12F3N. The van der Waals surface area contributed by atoms with Crippen molar-refractivity contribution in [2.45, 2.75) is 32.5 Å². The molecule has 0 saturated heterocycles. The predicted octanol–water partition coefficient (Wildman–Crippen LogP) is 2.23. The maximum absolute atomic E-state index is 11.6. The zero-order valence-corrected chi connectivity index (χ0v) is 6.57. The van der Waals surface area contributed by atoms with E-state index in [1.807, 2.05) is 0 Å². The summed E-state index contributed by atoms with van der Waals surface area (Å²) in [5.41, 5.74) is 5.90. The summed E-state index contributed by atoms with van der Waals surface area (Å²) in [4.78, 5) is 0. The lowest BCUT2D eigenvalue weighted by Gasteiger charge is -2.06. The van der Waals surface area contributed by atoms with Crippen molar-refractivity contribution >= 4 is 0 Å². The summed E-state index contributed by atoms with van der Waals surface area (Å²) in [5.74, 6) is 0. The van der Waals surface area contributed by atoms with Crippen LogP contribution in [0, 0.1) is 0 Å². The van der Waals surface area contributed by atoms with Gasteiger partial charge in [-0.15, -0.1) is 0 Å². The monoisotopic (exact) mass is 167 g/mol. The summed E-state index contributed by atoms with van der Waals surface area (Å²) in [6.45, 7) is 3.25. The second-order valence-corrected chi connectivity index (χ2v) is 2.56. The van der Waals surface area contributed by atoms with Crippen LogP contribution in [0.1, 0.15) is 20.3 Å². The van der Waals surface area contributed by atoms with Crippen molar-refractivity contribution in [1.82, 2.24) is 0 Å². The molecule has 0 aliphatic rings. The van der Waals surface area contributed by atoms with Gasteiger partial charge < -0.3 is 5.73 Å². The van der Waals surface area contributed by atoms with Crippen LogP contribution in [0.3, 0.4) is 0 Å². The molecule has 0 spiro atoms. The lowest BCUT2D eigenvalue weighted by atomic mass is 10.1. The Morgan fingerprint density at radius 2 is 2.00 bits per heavy atom. The molecule has 1 atom stereocenters. The molecule has 0 saturated carbocycles. The van der Waals surface area contributed by atoms with E-state index in [2.05, 4.69) is 0 Å². The van der Waals surface area contributed by atoms with E-state index in [1.54, 1.807) is 13.8 Å². The quantitative estimate of drug-likeness (QED) is 0.627. The Morgan fingerprint density at radius 3 is 2.27 bits per heavy atom. The van der Waals surface area contributed by atoms with E-state index >= 15 is 0 Å². The van der Waals surface area contributed by atoms with Crippen molar-refractivity contribution in [1.29, 1.82) is 0 Å². The fourth-order valence-electron chi connectivity index (χ4n) is 0.463. The first-order chi connectivity index (χ1) is 4.83. The maximum Gasteiger partial charge on any atom is 0.392 e. The fraction of sp³-hybridized carbons (Fsp3) is 0.714. The predicted molar refractivity (Wildman–Crippen MR) is 38.1 cm³/mol. The average Bonchev–Trinajstić information content (AvgIpc) is 1.80. The topological polar surface area (TPSA) is 26.0 Å². The van der Waals surface area contributed by atoms with E-state index in [4.69, 9.17) is 5.73 Å². The number of nitrogens with two attached hydrogens (primary N) is 1. The smallest absolute Gasteiger partial charge is 0.324 e. The van der Waals surface area contributed by atoms with Crippen molar-refractivity contribution in [3.05, 3.63) is 11.6 Å². The van der Waals surface area contributed by atoms with E-state index < -0.39 is 12.6 Å². The highest BCUT2D eigenvalue weighted by Gasteiger charge is 2.25. The van der Waals surface area contributed by atoms with Crippen LogP contribution in [0.5, 0.6) is 0 Å². The molecule has 1 unspecified atom stereocenters. The Hall–Kier alpha value is -0.510. The van der Waals surface area contributed by atoms with Gasteiger partial charge in [0.25, 0.3) is 0 Å². The normalized spacial score (nSPS) is 16.7. The highest BCUT2D eigenvalue weighted by atomic mass is 19.4. The van der Waals surface area contributed by atoms with E-state index in [9.17, 15) is 13.2 Å². The van der Waals surface area contributed by atoms with Gasteiger partial charge in [-0.1, -0.05) is 11.6 Å². The first kappa shape index (κ1) is 10.5. The summed E-state index contributed by atoms with van der Waals surface area (Å²) in [6.07, 6.45) is -3.89. The number of alkyl halides is 3. The molecule has 0 aliphatic heterocycles. The highest BCUT2D eigenvalue weighted by Crippen LogP contribution is 2.20. The van der Waals surface area contributed by atoms with Crippen LogP contribution in [0.2, 0.25) is 0 Å². The molecule has 0 fully saturated rings. The number of allylic oxidation sites excluding steroid dienone is 1. The van der Waals surface area contributed by atoms with Gasteiger partial charge in [-0.25, -0.2) is 0 Å². The second kappa shape index (κ2) is 3.76. The number of hydrogen-bond donors (Lipinski definition) is 1. The van der Waals surface area contributed by atoms with E-state index in [1.165, 1.54) is 0 Å². The minimum Gasteiger partial charge on any atom is -0.324 e. The van der Waals surface area contributed by atoms with E-state index in [-0.39, 0.29) is 6.04 Å². The molecule has 0 aromatic heterocycles. The van der Waals surface area contributed by atoms with E-state index in [0.29, 0.717) is 5.57 Å². The van der Waals surface area contributed by atoms with Gasteiger partial charge in [0.2, 0.25) is 0 Å². The lowest BCUT2D eigenvalue weighted by Crippen LogP contribution is -2.16. The molecule has 66 valence electrons. The Balaban J connectivity index is 3.93. The van der Waals surface area contributed by atoms with Crippen LogP contribution in [0.25, 0.3) is 0 Å². The van der Waals surface area contributed by atoms with Gasteiger partial charge in [0, 0.05) is 6.04 Å². The summed E-state index contributed by atoms with van der Waals surface area (Å²) in [6, 6.07) is -0.294. The molecule has 4 heteroatoms. The van der Waals surface area contributed by atoms with Crippen LogP contribution in [0.15, 0.2) is 11.6 Å². The largest absolute Gasteiger partial charge is 0.392 e. The molecule has 1 nitrogen and oxygen atoms in total. The van der Waals surface area contributed by atoms with Gasteiger partial charge in [0.15, 0.2) is 0 Å². The first-order valence-electron chi connectivity index (χ1n) is 3.32. The molecule has 0 aromatic rings. The van der Waals surface area contributed by atoms with Gasteiger partial charge in [0.05, 0.1) is 6.42 Å². The van der Waals surface area contributed by atoms with Gasteiger partial charge in [-0.3, -0.25) is 0 Å². The van der Waals surface area contributed by atoms with Gasteiger partial charge in [-0.05, 0) is 13.8 Å². The Bertz CT molecular complexity index is 146. The zero-order chi connectivity index (χ0) is 9.07. The van der Waals surface area contributed by atoms with Crippen LogP contribution < -0.4 is 5.73 Å². The Morgan fingerprint density at radius 1 is 1.55 bits per heavy atom. The SMILES string of the molecule is C/C(=C\CC(F)(F)F)C(C)N. The van der Waals surface area contributed by atoms with Crippen LogP contribution in [-0.4, -0.2) is 12.2 Å². The molecule has 0 bridgehead atoms. The van der Waals surface area contributed by atoms with Crippen molar-refractivity contribution < 1.29 is 13.2 Å². The van der Waals surface area contributed by atoms with Crippen molar-refractivity contribution in [2.75, 3.05) is 0 Å². The van der Waals surface area contributed by atoms with Gasteiger partial charge in [0.1, 0.15) is 0 Å². The van der Waals surface area contributed by atoms with Crippen molar-refractivity contribution in [3.63, 3.8) is 0 Å². The summed E-state index contributed by atoms with van der Waals surface area (Å²) >= 11 is 0. The minimum atomic E-state index is -4.11. The third kappa shape index (κ3) is 5.91. The fourth-order valence-corrected chi connectivity index (χ4v) is 0.463. The van der Waals surface area contributed by atoms with Gasteiger partial charge in [-0.2, -0.15) is 13.2 Å². The number of rotatable bonds is 2. The molecule has 0 heterocycles. The number of halogens is 3. The first-order valence-corrected chi connectivity index (χ1v) is 3.32. The number of hydrogen-bond acceptors (Lipinski definition) is 1. The third-order valence-corrected chi connectivity index (χ3v) is 1.37. The Labute approximate surface area is 64.1 Å². The molecule has 2 N–H and O–H groups in total. The molecule has 0 aliphatic carbocycles. The standard InChI is InChI=1S/C7H12F3N/c1-5(6(2)11)3-4-7(8,9)10/h3,6H,4,11H2,1-2H3/b5-3+. The van der Waals surface area contributed by atoms with Crippen molar-refractivity contribution in [2.24, 2.45) is 5.73 Å². The maximum atomic E-state index is 11.6. The van der Waals surface area contributed by atoms with Crippen LogP contribution in [0.4, 0.5) is 13.2 Å². The summed E-state index contributed by atoms with van der Waals surface area (Å²) in [5, 5.41) is 0. The van der Waals surface area contributed by atoms with E-state index in [0.717, 1.165) is 6.08 Å². The van der Waals surface area contributed by atoms with Crippen LogP contribution >= 0.6 is 0 Å². The minimum absolute atomic E-state index is 0.294. The van der Waals surface area contributed by atoms with Gasteiger partial charge >= 0.3 is 6.18 Å². The average molecular weight is 167 g/mol. The zero-order valence-electron chi connectivity index (χ0n) is 6.57. The molecular weight excluding hydrogens is 155 g/mol. The third-order valence-electron chi connectivity index (χ3n) is 1.37. The highest BCUT2D eigenvalue weighted by molar-refractivity contribution is 5.05. The summed E-state index contributed by atoms with van der Waals surface area (Å²) in [7, 11) is 0. The molecule has 0 aromatic carbocycles. The molecule has 0 rings (SSSR count). The molecule has 0 radical (unpaired) electrons. The second-order valence-electron chi connectivity index (χ2n) is 2.56. The molecule has 0 amide bonds. The van der Waals surface area contributed by atoms with Crippen LogP contribution in [-0.2, 0) is 0 Å². The lowest BCUT2D eigenvalue weighted by molar-refractivity contribution is -0.125. The van der Waals surface area contributed by atoms with Crippen molar-refractivity contribution in [3.8, 4) is 0 Å².